The number of phenolic OH excluding ortho intramolecular Hbond substituents is 1. The Morgan fingerprint density at radius 2 is 1.96 bits per heavy atom. The van der Waals surface area contributed by atoms with Gasteiger partial charge in [-0.3, -0.25) is 14.9 Å². The van der Waals surface area contributed by atoms with Crippen LogP contribution < -0.4 is 10.2 Å². The first-order valence-electron chi connectivity index (χ1n) is 7.78. The van der Waals surface area contributed by atoms with Crippen LogP contribution in [-0.4, -0.2) is 28.8 Å². The molecule has 0 heterocycles. The van der Waals surface area contributed by atoms with Crippen molar-refractivity contribution in [1.29, 1.82) is 0 Å². The molecule has 0 bridgehead atoms. The number of nitrogens with one attached hydrogen (secondary N) is 1. The summed E-state index contributed by atoms with van der Waals surface area (Å²) in [4.78, 5) is 22.2. The molecule has 0 fully saturated rings. The van der Waals surface area contributed by atoms with E-state index in [1.165, 1.54) is 12.1 Å². The Morgan fingerprint density at radius 1 is 1.27 bits per heavy atom. The van der Waals surface area contributed by atoms with Gasteiger partial charge in [0, 0.05) is 6.07 Å². The van der Waals surface area contributed by atoms with Gasteiger partial charge in [-0.15, -0.1) is 0 Å². The van der Waals surface area contributed by atoms with Crippen molar-refractivity contribution >= 4 is 17.8 Å². The topological polar surface area (TPSA) is 114 Å². The fraction of sp³-hybridized carbons (Fsp3) is 0.222. The highest BCUT2D eigenvalue weighted by molar-refractivity contribution is 5.87. The van der Waals surface area contributed by atoms with E-state index in [4.69, 9.17) is 4.74 Å². The quantitative estimate of drug-likeness (QED) is 0.469. The summed E-state index contributed by atoms with van der Waals surface area (Å²) in [5, 5.41) is 24.0. The molecular weight excluding hydrogens is 338 g/mol. The highest BCUT2D eigenvalue weighted by Crippen LogP contribution is 2.25. The minimum atomic E-state index is -0.602. The number of ether oxygens (including phenoxy) is 1. The largest absolute Gasteiger partial charge is 0.508 e. The van der Waals surface area contributed by atoms with Crippen LogP contribution in [0.4, 0.5) is 5.69 Å². The van der Waals surface area contributed by atoms with E-state index in [9.17, 15) is 20.0 Å². The summed E-state index contributed by atoms with van der Waals surface area (Å²) in [5.41, 5.74) is 5.01. The monoisotopic (exact) mass is 357 g/mol. The van der Waals surface area contributed by atoms with Crippen molar-refractivity contribution in [3.05, 3.63) is 62.7 Å². The van der Waals surface area contributed by atoms with Gasteiger partial charge in [0.05, 0.1) is 16.7 Å². The number of aromatic hydroxyl groups is 1. The van der Waals surface area contributed by atoms with E-state index >= 15 is 0 Å². The maximum atomic E-state index is 11.9. The highest BCUT2D eigenvalue weighted by Gasteiger charge is 2.13. The van der Waals surface area contributed by atoms with Crippen LogP contribution in [0.5, 0.6) is 11.5 Å². The number of nitro benzene ring substituents is 1. The zero-order valence-corrected chi connectivity index (χ0v) is 14.6. The van der Waals surface area contributed by atoms with E-state index in [1.54, 1.807) is 0 Å². The average molecular weight is 357 g/mol. The molecule has 1 amide bonds. The van der Waals surface area contributed by atoms with Gasteiger partial charge in [0.15, 0.2) is 6.61 Å². The molecule has 2 aromatic carbocycles. The number of nitro groups is 1. The second-order valence-electron chi connectivity index (χ2n) is 5.74. The number of carbonyl (C=O) groups is 1. The number of rotatable bonds is 6. The predicted molar refractivity (Wildman–Crippen MR) is 96.6 cm³/mol. The number of hydrazone groups is 1. The van der Waals surface area contributed by atoms with Crippen molar-refractivity contribution in [3.8, 4) is 11.5 Å². The third-order valence-corrected chi connectivity index (χ3v) is 3.82. The third kappa shape index (κ3) is 4.56. The molecule has 0 aliphatic carbocycles. The fourth-order valence-electron chi connectivity index (χ4n) is 2.30. The Morgan fingerprint density at radius 3 is 2.65 bits per heavy atom. The van der Waals surface area contributed by atoms with Crippen molar-refractivity contribution in [3.63, 3.8) is 0 Å². The minimum absolute atomic E-state index is 0.0709. The Labute approximate surface area is 150 Å². The van der Waals surface area contributed by atoms with Gasteiger partial charge < -0.3 is 9.84 Å². The number of amides is 1. The first kappa shape index (κ1) is 18.9. The summed E-state index contributed by atoms with van der Waals surface area (Å²) in [6.45, 7) is 5.51. The zero-order chi connectivity index (χ0) is 19.3. The molecule has 0 saturated carbocycles. The summed E-state index contributed by atoms with van der Waals surface area (Å²) >= 11 is 0. The molecular formula is C18H19N3O5. The van der Waals surface area contributed by atoms with Gasteiger partial charge in [-0.2, -0.15) is 5.10 Å². The van der Waals surface area contributed by atoms with E-state index in [2.05, 4.69) is 10.5 Å². The number of hydrogen-bond acceptors (Lipinski definition) is 6. The van der Waals surface area contributed by atoms with Gasteiger partial charge in [0.25, 0.3) is 11.6 Å². The number of carbonyl (C=O) groups excluding carboxylic acids is 1. The Bertz CT molecular complexity index is 877. The molecule has 0 aliphatic rings. The molecule has 2 rings (SSSR count). The number of hydrogen-bond donors (Lipinski definition) is 2. The van der Waals surface area contributed by atoms with Gasteiger partial charge in [-0.05, 0) is 49.6 Å². The first-order chi connectivity index (χ1) is 12.3. The molecule has 0 radical (unpaired) electrons. The molecule has 0 unspecified atom stereocenters. The van der Waals surface area contributed by atoms with Crippen LogP contribution in [0.1, 0.15) is 22.3 Å². The lowest BCUT2D eigenvalue weighted by Gasteiger charge is -2.13. The second kappa shape index (κ2) is 8.11. The molecule has 8 heteroatoms. The van der Waals surface area contributed by atoms with Gasteiger partial charge in [0.2, 0.25) is 0 Å². The van der Waals surface area contributed by atoms with Gasteiger partial charge in [-0.25, -0.2) is 5.43 Å². The molecule has 0 aliphatic heterocycles. The van der Waals surface area contributed by atoms with Crippen LogP contribution in [0.3, 0.4) is 0 Å². The van der Waals surface area contributed by atoms with Crippen molar-refractivity contribution in [2.24, 2.45) is 5.10 Å². The fourth-order valence-corrected chi connectivity index (χ4v) is 2.30. The Hall–Kier alpha value is -3.42. The maximum Gasteiger partial charge on any atom is 0.278 e. The third-order valence-electron chi connectivity index (χ3n) is 3.82. The van der Waals surface area contributed by atoms with Crippen LogP contribution >= 0.6 is 0 Å². The molecule has 0 saturated heterocycles. The van der Waals surface area contributed by atoms with Crippen LogP contribution in [0.15, 0.2) is 35.4 Å². The van der Waals surface area contributed by atoms with Gasteiger partial charge >= 0.3 is 0 Å². The standard InChI is InChI=1S/C18H19N3O5/c1-11-4-5-12(2)18(13(11)3)26-10-17(23)20-19-9-14-8-15(22)6-7-16(14)21(24)25/h4-9,22H,10H2,1-3H3,(H,20,23)/b19-9+. The normalized spacial score (nSPS) is 10.7. The number of nitrogens with zero attached hydrogens (tertiary/aromatic N) is 2. The predicted octanol–water partition coefficient (Wildman–Crippen LogP) is 2.75. The lowest BCUT2D eigenvalue weighted by atomic mass is 10.1. The highest BCUT2D eigenvalue weighted by atomic mass is 16.6. The molecule has 0 atom stereocenters. The van der Waals surface area contributed by atoms with Crippen molar-refractivity contribution in [1.82, 2.24) is 5.43 Å². The summed E-state index contributed by atoms with van der Waals surface area (Å²) in [6.07, 6.45) is 1.10. The lowest BCUT2D eigenvalue weighted by Crippen LogP contribution is -2.25. The lowest BCUT2D eigenvalue weighted by molar-refractivity contribution is -0.385. The van der Waals surface area contributed by atoms with Crippen molar-refractivity contribution in [2.45, 2.75) is 20.8 Å². The van der Waals surface area contributed by atoms with E-state index in [-0.39, 0.29) is 23.6 Å². The molecule has 136 valence electrons. The maximum absolute atomic E-state index is 11.9. The SMILES string of the molecule is Cc1ccc(C)c(OCC(=O)N/N=C/c2cc(O)ccc2[N+](=O)[O-])c1C. The van der Waals surface area contributed by atoms with Crippen LogP contribution in [-0.2, 0) is 4.79 Å². The van der Waals surface area contributed by atoms with E-state index < -0.39 is 10.8 Å². The molecule has 0 aromatic heterocycles. The molecule has 26 heavy (non-hydrogen) atoms. The Kier molecular flexibility index (Phi) is 5.90. The molecule has 2 N–H and O–H groups in total. The van der Waals surface area contributed by atoms with E-state index in [0.717, 1.165) is 29.0 Å². The summed E-state index contributed by atoms with van der Waals surface area (Å²) in [7, 11) is 0. The summed E-state index contributed by atoms with van der Waals surface area (Å²) in [6, 6.07) is 7.43. The van der Waals surface area contributed by atoms with E-state index in [0.29, 0.717) is 5.75 Å². The number of benzene rings is 2. The van der Waals surface area contributed by atoms with Crippen molar-refractivity contribution < 1.29 is 19.6 Å². The van der Waals surface area contributed by atoms with Crippen LogP contribution in [0.25, 0.3) is 0 Å². The van der Waals surface area contributed by atoms with Gasteiger partial charge in [-0.1, -0.05) is 12.1 Å². The van der Waals surface area contributed by atoms with Crippen LogP contribution in [0.2, 0.25) is 0 Å². The first-order valence-corrected chi connectivity index (χ1v) is 7.78. The Balaban J connectivity index is 2.00. The van der Waals surface area contributed by atoms with Gasteiger partial charge in [0.1, 0.15) is 11.5 Å². The smallest absolute Gasteiger partial charge is 0.278 e. The summed E-state index contributed by atoms with van der Waals surface area (Å²) in [5.74, 6) is -0.00535. The second-order valence-corrected chi connectivity index (χ2v) is 5.74. The molecule has 8 nitrogen and oxygen atoms in total. The van der Waals surface area contributed by atoms with Crippen LogP contribution in [0, 0.1) is 30.9 Å². The summed E-state index contributed by atoms with van der Waals surface area (Å²) < 4.78 is 5.56. The molecule has 2 aromatic rings. The molecule has 0 spiro atoms. The average Bonchev–Trinajstić information content (AvgIpc) is 2.58. The van der Waals surface area contributed by atoms with E-state index in [1.807, 2.05) is 32.9 Å². The van der Waals surface area contributed by atoms with Crippen molar-refractivity contribution in [2.75, 3.05) is 6.61 Å². The minimum Gasteiger partial charge on any atom is -0.508 e. The number of aryl methyl sites for hydroxylation is 2. The number of phenols is 1. The zero-order valence-electron chi connectivity index (χ0n) is 14.6.